The Kier molecular flexibility index (Phi) is 5.01. The third-order valence-corrected chi connectivity index (χ3v) is 3.88. The molecule has 5 nitrogen and oxygen atoms in total. The highest BCUT2D eigenvalue weighted by Crippen LogP contribution is 2.22. The van der Waals surface area contributed by atoms with Gasteiger partial charge in [0, 0.05) is 6.42 Å². The van der Waals surface area contributed by atoms with Gasteiger partial charge in [0.25, 0.3) is 0 Å². The van der Waals surface area contributed by atoms with E-state index >= 15 is 0 Å². The molecule has 122 valence electrons. The van der Waals surface area contributed by atoms with E-state index in [9.17, 15) is 4.79 Å². The zero-order valence-electron chi connectivity index (χ0n) is 13.6. The lowest BCUT2D eigenvalue weighted by Gasteiger charge is -2.20. The number of aromatic nitrogens is 3. The predicted molar refractivity (Wildman–Crippen MR) is 92.2 cm³/mol. The highest BCUT2D eigenvalue weighted by atomic mass is 16.1. The fourth-order valence-corrected chi connectivity index (χ4v) is 2.56. The molecule has 0 aliphatic heterocycles. The van der Waals surface area contributed by atoms with Gasteiger partial charge >= 0.3 is 0 Å². The molecule has 3 aromatic rings. The Bertz CT molecular complexity index is 767. The second kappa shape index (κ2) is 7.55. The molecule has 1 aromatic heterocycles. The van der Waals surface area contributed by atoms with Gasteiger partial charge in [-0.15, -0.1) is 0 Å². The van der Waals surface area contributed by atoms with Crippen molar-refractivity contribution in [3.63, 3.8) is 0 Å². The van der Waals surface area contributed by atoms with Gasteiger partial charge in [0.1, 0.15) is 12.7 Å². The maximum atomic E-state index is 12.4. The molecule has 1 N–H and O–H groups in total. The predicted octanol–water partition coefficient (Wildman–Crippen LogP) is 2.88. The maximum absolute atomic E-state index is 12.4. The third-order valence-electron chi connectivity index (χ3n) is 3.88. The van der Waals surface area contributed by atoms with Crippen LogP contribution in [0.15, 0.2) is 67.3 Å². The number of aryl methyl sites for hydroxylation is 2. The summed E-state index contributed by atoms with van der Waals surface area (Å²) in [6, 6.07) is 18.1. The summed E-state index contributed by atoms with van der Waals surface area (Å²) in [4.78, 5) is 16.3. The Labute approximate surface area is 141 Å². The number of amides is 1. The Balaban J connectivity index is 1.74. The SMILES string of the molecule is Cc1ccc(C(NC(=O)CCn2cncn2)c2ccccc2)cc1. The highest BCUT2D eigenvalue weighted by Gasteiger charge is 2.16. The van der Waals surface area contributed by atoms with Crippen LogP contribution >= 0.6 is 0 Å². The van der Waals surface area contributed by atoms with Gasteiger partial charge in [-0.2, -0.15) is 5.10 Å². The van der Waals surface area contributed by atoms with E-state index in [4.69, 9.17) is 0 Å². The molecule has 0 bridgehead atoms. The number of benzene rings is 2. The summed E-state index contributed by atoms with van der Waals surface area (Å²) in [5.41, 5.74) is 3.33. The fraction of sp³-hybridized carbons (Fsp3) is 0.211. The van der Waals surface area contributed by atoms with E-state index in [1.54, 1.807) is 11.0 Å². The Morgan fingerprint density at radius 1 is 1.08 bits per heavy atom. The molecule has 1 heterocycles. The standard InChI is InChI=1S/C19H20N4O/c1-15-7-9-17(10-8-15)19(16-5-3-2-4-6-16)22-18(24)11-12-23-14-20-13-21-23/h2-10,13-14,19H,11-12H2,1H3,(H,22,24). The fourth-order valence-electron chi connectivity index (χ4n) is 2.56. The minimum atomic E-state index is -0.157. The van der Waals surface area contributed by atoms with E-state index in [1.807, 2.05) is 30.3 Å². The summed E-state index contributed by atoms with van der Waals surface area (Å²) in [6.45, 7) is 2.57. The van der Waals surface area contributed by atoms with Crippen LogP contribution in [0.4, 0.5) is 0 Å². The molecular formula is C19H20N4O. The van der Waals surface area contributed by atoms with E-state index in [-0.39, 0.29) is 11.9 Å². The van der Waals surface area contributed by atoms with Crippen molar-refractivity contribution in [1.82, 2.24) is 20.1 Å². The molecule has 24 heavy (non-hydrogen) atoms. The van der Waals surface area contributed by atoms with E-state index < -0.39 is 0 Å². The minimum Gasteiger partial charge on any atom is -0.345 e. The zero-order valence-corrected chi connectivity index (χ0v) is 13.6. The summed E-state index contributed by atoms with van der Waals surface area (Å²) < 4.78 is 1.66. The van der Waals surface area contributed by atoms with Gasteiger partial charge in [0.2, 0.25) is 5.91 Å². The van der Waals surface area contributed by atoms with Gasteiger partial charge in [-0.1, -0.05) is 60.2 Å². The van der Waals surface area contributed by atoms with Crippen molar-refractivity contribution in [3.05, 3.63) is 83.9 Å². The van der Waals surface area contributed by atoms with Crippen LogP contribution in [-0.4, -0.2) is 20.7 Å². The largest absolute Gasteiger partial charge is 0.345 e. The molecule has 0 spiro atoms. The topological polar surface area (TPSA) is 59.8 Å². The van der Waals surface area contributed by atoms with Crippen molar-refractivity contribution in [2.45, 2.75) is 25.9 Å². The molecule has 0 saturated carbocycles. The Morgan fingerprint density at radius 2 is 1.79 bits per heavy atom. The first-order valence-corrected chi connectivity index (χ1v) is 7.95. The first-order valence-electron chi connectivity index (χ1n) is 7.95. The lowest BCUT2D eigenvalue weighted by atomic mass is 9.97. The Hall–Kier alpha value is -2.95. The first kappa shape index (κ1) is 15.9. The van der Waals surface area contributed by atoms with Crippen LogP contribution in [0.2, 0.25) is 0 Å². The van der Waals surface area contributed by atoms with Crippen molar-refractivity contribution >= 4 is 5.91 Å². The van der Waals surface area contributed by atoms with Crippen LogP contribution in [0.3, 0.4) is 0 Å². The quantitative estimate of drug-likeness (QED) is 0.760. The van der Waals surface area contributed by atoms with E-state index in [1.165, 1.54) is 11.9 Å². The van der Waals surface area contributed by atoms with Crippen LogP contribution in [0.5, 0.6) is 0 Å². The molecule has 2 aromatic carbocycles. The average molecular weight is 320 g/mol. The number of hydrogen-bond acceptors (Lipinski definition) is 3. The molecule has 0 aliphatic carbocycles. The maximum Gasteiger partial charge on any atom is 0.222 e. The van der Waals surface area contributed by atoms with Crippen LogP contribution in [-0.2, 0) is 11.3 Å². The first-order chi connectivity index (χ1) is 11.7. The zero-order chi connectivity index (χ0) is 16.8. The molecule has 5 heteroatoms. The van der Waals surface area contributed by atoms with Gasteiger partial charge in [-0.05, 0) is 18.1 Å². The van der Waals surface area contributed by atoms with Crippen molar-refractivity contribution in [1.29, 1.82) is 0 Å². The van der Waals surface area contributed by atoms with Gasteiger partial charge in [0.05, 0.1) is 12.6 Å². The average Bonchev–Trinajstić information content (AvgIpc) is 3.13. The number of carbonyl (C=O) groups is 1. The van der Waals surface area contributed by atoms with Crippen molar-refractivity contribution in [2.24, 2.45) is 0 Å². The second-order valence-corrected chi connectivity index (χ2v) is 5.73. The number of nitrogens with zero attached hydrogens (tertiary/aromatic N) is 3. The van der Waals surface area contributed by atoms with E-state index in [2.05, 4.69) is 46.6 Å². The van der Waals surface area contributed by atoms with Crippen LogP contribution in [0, 0.1) is 6.92 Å². The van der Waals surface area contributed by atoms with E-state index in [0.717, 1.165) is 11.1 Å². The molecule has 3 rings (SSSR count). The molecule has 0 radical (unpaired) electrons. The van der Waals surface area contributed by atoms with Gasteiger partial charge < -0.3 is 5.32 Å². The lowest BCUT2D eigenvalue weighted by molar-refractivity contribution is -0.121. The molecule has 0 saturated heterocycles. The lowest BCUT2D eigenvalue weighted by Crippen LogP contribution is -2.30. The summed E-state index contributed by atoms with van der Waals surface area (Å²) in [7, 11) is 0. The van der Waals surface area contributed by atoms with Crippen molar-refractivity contribution in [2.75, 3.05) is 0 Å². The van der Waals surface area contributed by atoms with Crippen molar-refractivity contribution in [3.8, 4) is 0 Å². The summed E-state index contributed by atoms with van der Waals surface area (Å²) in [5.74, 6) is -0.0140. The molecular weight excluding hydrogens is 300 g/mol. The summed E-state index contributed by atoms with van der Waals surface area (Å²) in [5, 5.41) is 7.15. The normalized spacial score (nSPS) is 11.9. The monoisotopic (exact) mass is 320 g/mol. The van der Waals surface area contributed by atoms with Crippen LogP contribution in [0.25, 0.3) is 0 Å². The number of carbonyl (C=O) groups excluding carboxylic acids is 1. The smallest absolute Gasteiger partial charge is 0.222 e. The highest BCUT2D eigenvalue weighted by molar-refractivity contribution is 5.76. The second-order valence-electron chi connectivity index (χ2n) is 5.73. The van der Waals surface area contributed by atoms with E-state index in [0.29, 0.717) is 13.0 Å². The number of hydrogen-bond donors (Lipinski definition) is 1. The van der Waals surface area contributed by atoms with Crippen LogP contribution in [0.1, 0.15) is 29.2 Å². The molecule has 1 unspecified atom stereocenters. The number of rotatable bonds is 6. The Morgan fingerprint density at radius 3 is 2.46 bits per heavy atom. The van der Waals surface area contributed by atoms with Crippen molar-refractivity contribution < 1.29 is 4.79 Å². The number of nitrogens with one attached hydrogen (secondary N) is 1. The van der Waals surface area contributed by atoms with Crippen LogP contribution < -0.4 is 5.32 Å². The molecule has 0 aliphatic rings. The van der Waals surface area contributed by atoms with Gasteiger partial charge in [-0.25, -0.2) is 4.98 Å². The molecule has 1 atom stereocenters. The van der Waals surface area contributed by atoms with Gasteiger partial charge in [0.15, 0.2) is 0 Å². The summed E-state index contributed by atoms with van der Waals surface area (Å²) >= 11 is 0. The van der Waals surface area contributed by atoms with Gasteiger partial charge in [-0.3, -0.25) is 9.48 Å². The summed E-state index contributed by atoms with van der Waals surface area (Å²) in [6.07, 6.45) is 3.44. The molecule has 1 amide bonds. The molecule has 0 fully saturated rings. The minimum absolute atomic E-state index is 0.0140. The third kappa shape index (κ3) is 4.07.